The van der Waals surface area contributed by atoms with Gasteiger partial charge in [0, 0.05) is 5.71 Å². The van der Waals surface area contributed by atoms with Crippen LogP contribution in [0.2, 0.25) is 0 Å². The number of anilines is 1. The van der Waals surface area contributed by atoms with Gasteiger partial charge in [0.2, 0.25) is 0 Å². The minimum Gasteiger partial charge on any atom is -0.495 e. The van der Waals surface area contributed by atoms with Crippen molar-refractivity contribution in [3.8, 4) is 5.75 Å². The fourth-order valence-corrected chi connectivity index (χ4v) is 3.94. The van der Waals surface area contributed by atoms with Gasteiger partial charge in [-0.3, -0.25) is 4.79 Å². The Morgan fingerprint density at radius 1 is 1.21 bits per heavy atom. The summed E-state index contributed by atoms with van der Waals surface area (Å²) in [5.41, 5.74) is 4.67. The van der Waals surface area contributed by atoms with Crippen molar-refractivity contribution in [3.63, 3.8) is 0 Å². The molecule has 0 aromatic heterocycles. The van der Waals surface area contributed by atoms with Gasteiger partial charge in [-0.15, -0.1) is 0 Å². The van der Waals surface area contributed by atoms with Crippen molar-refractivity contribution in [1.82, 2.24) is 5.43 Å². The van der Waals surface area contributed by atoms with E-state index in [1.807, 2.05) is 24.3 Å². The average Bonchev–Trinajstić information content (AvgIpc) is 2.64. The number of ether oxygens (including phenoxy) is 1. The quantitative estimate of drug-likeness (QED) is 0.812. The highest BCUT2D eigenvalue weighted by Gasteiger charge is 2.30. The van der Waals surface area contributed by atoms with E-state index in [4.69, 9.17) is 4.74 Å². The molecule has 0 aliphatic heterocycles. The van der Waals surface area contributed by atoms with Crippen molar-refractivity contribution in [2.24, 2.45) is 16.9 Å². The van der Waals surface area contributed by atoms with Crippen LogP contribution in [0.1, 0.15) is 44.9 Å². The lowest BCUT2D eigenvalue weighted by molar-refractivity contribution is -0.119. The zero-order chi connectivity index (χ0) is 16.8. The van der Waals surface area contributed by atoms with E-state index in [1.54, 1.807) is 7.11 Å². The molecule has 24 heavy (non-hydrogen) atoms. The molecule has 5 heteroatoms. The lowest BCUT2D eigenvalue weighted by Gasteiger charge is -2.35. The Labute approximate surface area is 143 Å². The van der Waals surface area contributed by atoms with Crippen molar-refractivity contribution in [2.75, 3.05) is 19.0 Å². The summed E-state index contributed by atoms with van der Waals surface area (Å²) in [4.78, 5) is 12.0. The molecule has 1 aromatic rings. The van der Waals surface area contributed by atoms with E-state index in [2.05, 4.69) is 15.8 Å². The van der Waals surface area contributed by atoms with Crippen LogP contribution in [0.4, 0.5) is 5.69 Å². The van der Waals surface area contributed by atoms with Crippen molar-refractivity contribution in [2.45, 2.75) is 44.9 Å². The topological polar surface area (TPSA) is 62.7 Å². The Morgan fingerprint density at radius 3 is 2.83 bits per heavy atom. The first kappa shape index (κ1) is 16.8. The number of carbonyl (C=O) groups excluding carboxylic acids is 1. The van der Waals surface area contributed by atoms with Gasteiger partial charge in [-0.05, 0) is 49.7 Å². The maximum Gasteiger partial charge on any atom is 0.259 e. The van der Waals surface area contributed by atoms with E-state index < -0.39 is 0 Å². The Morgan fingerprint density at radius 2 is 2.00 bits per heavy atom. The second kappa shape index (κ2) is 8.18. The molecule has 0 saturated heterocycles. The molecular formula is C19H27N3O2. The smallest absolute Gasteiger partial charge is 0.259 e. The number of hydrazone groups is 1. The number of benzene rings is 1. The first-order valence-corrected chi connectivity index (χ1v) is 8.97. The molecule has 0 bridgehead atoms. The molecule has 2 atom stereocenters. The molecule has 3 rings (SSSR count). The number of para-hydroxylation sites is 2. The van der Waals surface area contributed by atoms with Crippen LogP contribution in [-0.4, -0.2) is 25.3 Å². The van der Waals surface area contributed by atoms with E-state index in [0.717, 1.165) is 41.8 Å². The molecule has 0 unspecified atom stereocenters. The van der Waals surface area contributed by atoms with Crippen molar-refractivity contribution < 1.29 is 9.53 Å². The van der Waals surface area contributed by atoms with Crippen molar-refractivity contribution in [1.29, 1.82) is 0 Å². The summed E-state index contributed by atoms with van der Waals surface area (Å²) < 4.78 is 5.26. The Hall–Kier alpha value is -2.04. The normalized spacial score (nSPS) is 25.0. The predicted octanol–water partition coefficient (Wildman–Crippen LogP) is 3.57. The molecule has 2 N–H and O–H groups in total. The molecule has 2 aliphatic carbocycles. The molecule has 2 fully saturated rings. The van der Waals surface area contributed by atoms with Gasteiger partial charge in [0.1, 0.15) is 5.75 Å². The molecule has 0 radical (unpaired) electrons. The van der Waals surface area contributed by atoms with Gasteiger partial charge in [0.25, 0.3) is 5.91 Å². The molecule has 1 aromatic carbocycles. The maximum absolute atomic E-state index is 12.0. The van der Waals surface area contributed by atoms with Crippen molar-refractivity contribution >= 4 is 17.3 Å². The number of nitrogens with zero attached hydrogens (tertiary/aromatic N) is 1. The number of carbonyl (C=O) groups is 1. The predicted molar refractivity (Wildman–Crippen MR) is 96.4 cm³/mol. The monoisotopic (exact) mass is 329 g/mol. The van der Waals surface area contributed by atoms with Crippen LogP contribution in [-0.2, 0) is 4.79 Å². The Balaban J connectivity index is 1.47. The number of amides is 1. The summed E-state index contributed by atoms with van der Waals surface area (Å²) in [5.74, 6) is 2.28. The molecule has 130 valence electrons. The van der Waals surface area contributed by atoms with E-state index >= 15 is 0 Å². The lowest BCUT2D eigenvalue weighted by Crippen LogP contribution is -2.31. The fraction of sp³-hybridized carbons (Fsp3) is 0.579. The number of rotatable bonds is 5. The van der Waals surface area contributed by atoms with Crippen LogP contribution in [0.3, 0.4) is 0 Å². The first-order valence-electron chi connectivity index (χ1n) is 8.97. The zero-order valence-corrected chi connectivity index (χ0v) is 14.4. The fourth-order valence-electron chi connectivity index (χ4n) is 3.94. The molecule has 0 spiro atoms. The number of hydrogen-bond acceptors (Lipinski definition) is 4. The summed E-state index contributed by atoms with van der Waals surface area (Å²) in [6.45, 7) is 0.184. The van der Waals surface area contributed by atoms with E-state index in [1.165, 1.54) is 32.1 Å². The molecule has 5 nitrogen and oxygen atoms in total. The minimum atomic E-state index is -0.126. The largest absolute Gasteiger partial charge is 0.495 e. The van der Waals surface area contributed by atoms with Crippen LogP contribution >= 0.6 is 0 Å². The Kier molecular flexibility index (Phi) is 5.72. The summed E-state index contributed by atoms with van der Waals surface area (Å²) in [7, 11) is 1.62. The molecule has 0 heterocycles. The maximum atomic E-state index is 12.0. The second-order valence-electron chi connectivity index (χ2n) is 6.81. The highest BCUT2D eigenvalue weighted by Crippen LogP contribution is 2.39. The molecule has 2 aliphatic rings. The zero-order valence-electron chi connectivity index (χ0n) is 14.4. The number of methoxy groups -OCH3 is 1. The molecule has 1 amide bonds. The highest BCUT2D eigenvalue weighted by molar-refractivity contribution is 5.88. The van der Waals surface area contributed by atoms with Crippen LogP contribution < -0.4 is 15.5 Å². The molecular weight excluding hydrogens is 302 g/mol. The minimum absolute atomic E-state index is 0.126. The highest BCUT2D eigenvalue weighted by atomic mass is 16.5. The SMILES string of the molecule is COc1ccccc1NCC(=O)N/N=C1/CC[C@@H]2CCCC[C@@H]2C1. The van der Waals surface area contributed by atoms with Gasteiger partial charge in [0.15, 0.2) is 0 Å². The molecule has 2 saturated carbocycles. The summed E-state index contributed by atoms with van der Waals surface area (Å²) in [5, 5.41) is 7.47. The van der Waals surface area contributed by atoms with Gasteiger partial charge in [-0.25, -0.2) is 5.43 Å². The summed E-state index contributed by atoms with van der Waals surface area (Å²) >= 11 is 0. The Bertz CT molecular complexity index is 600. The van der Waals surface area contributed by atoms with Crippen molar-refractivity contribution in [3.05, 3.63) is 24.3 Å². The van der Waals surface area contributed by atoms with Crippen LogP contribution in [0.25, 0.3) is 0 Å². The number of hydrogen-bond donors (Lipinski definition) is 2. The van der Waals surface area contributed by atoms with E-state index in [9.17, 15) is 4.79 Å². The first-order chi connectivity index (χ1) is 11.8. The number of fused-ring (bicyclic) bond motifs is 1. The second-order valence-corrected chi connectivity index (χ2v) is 6.81. The third kappa shape index (κ3) is 4.28. The van der Waals surface area contributed by atoms with Gasteiger partial charge < -0.3 is 10.1 Å². The van der Waals surface area contributed by atoms with Crippen LogP contribution in [0.5, 0.6) is 5.75 Å². The standard InChI is InChI=1S/C19H27N3O2/c1-24-18-9-5-4-8-17(18)20-13-19(23)22-21-16-11-10-14-6-2-3-7-15(14)12-16/h4-5,8-9,14-15,20H,2-3,6-7,10-13H2,1H3,(H,22,23)/b21-16-/t14-,15+/m0/s1. The third-order valence-electron chi connectivity index (χ3n) is 5.25. The lowest BCUT2D eigenvalue weighted by atomic mass is 9.70. The summed E-state index contributed by atoms with van der Waals surface area (Å²) in [6, 6.07) is 7.56. The van der Waals surface area contributed by atoms with Gasteiger partial charge in [-0.1, -0.05) is 31.4 Å². The van der Waals surface area contributed by atoms with Gasteiger partial charge >= 0.3 is 0 Å². The average molecular weight is 329 g/mol. The van der Waals surface area contributed by atoms with E-state index in [-0.39, 0.29) is 12.5 Å². The van der Waals surface area contributed by atoms with Gasteiger partial charge in [-0.2, -0.15) is 5.10 Å². The van der Waals surface area contributed by atoms with Crippen LogP contribution in [0, 0.1) is 11.8 Å². The van der Waals surface area contributed by atoms with Crippen LogP contribution in [0.15, 0.2) is 29.4 Å². The third-order valence-corrected chi connectivity index (χ3v) is 5.25. The van der Waals surface area contributed by atoms with E-state index in [0.29, 0.717) is 0 Å². The van der Waals surface area contributed by atoms with Gasteiger partial charge in [0.05, 0.1) is 19.3 Å². The summed E-state index contributed by atoms with van der Waals surface area (Å²) in [6.07, 6.45) is 8.77. The number of nitrogens with one attached hydrogen (secondary N) is 2.